The highest BCUT2D eigenvalue weighted by atomic mass is 16.5. The zero-order chi connectivity index (χ0) is 13.2. The van der Waals surface area contributed by atoms with E-state index in [1.54, 1.807) is 0 Å². The molecule has 2 unspecified atom stereocenters. The molecule has 3 heteroatoms. The van der Waals surface area contributed by atoms with Crippen LogP contribution in [0, 0.1) is 17.8 Å². The van der Waals surface area contributed by atoms with Crippen LogP contribution in [0.1, 0.15) is 46.0 Å². The molecule has 0 aliphatic heterocycles. The Morgan fingerprint density at radius 3 is 2.56 bits per heavy atom. The van der Waals surface area contributed by atoms with E-state index in [0.717, 1.165) is 38.6 Å². The van der Waals surface area contributed by atoms with Crippen LogP contribution in [0.3, 0.4) is 0 Å². The van der Waals surface area contributed by atoms with Crippen molar-refractivity contribution >= 4 is 0 Å². The summed E-state index contributed by atoms with van der Waals surface area (Å²) in [5.74, 6) is 1.91. The molecule has 2 N–H and O–H groups in total. The van der Waals surface area contributed by atoms with Crippen LogP contribution in [0.2, 0.25) is 0 Å². The molecule has 1 fully saturated rings. The van der Waals surface area contributed by atoms with E-state index in [2.05, 4.69) is 19.2 Å². The molecule has 0 radical (unpaired) electrons. The Kier molecular flexibility index (Phi) is 8.64. The molecule has 2 atom stereocenters. The first-order valence-electron chi connectivity index (χ1n) is 7.63. The molecule has 108 valence electrons. The van der Waals surface area contributed by atoms with Crippen LogP contribution in [0.15, 0.2) is 0 Å². The highest BCUT2D eigenvalue weighted by Gasteiger charge is 2.23. The highest BCUT2D eigenvalue weighted by molar-refractivity contribution is 4.76. The van der Waals surface area contributed by atoms with Gasteiger partial charge in [-0.3, -0.25) is 0 Å². The van der Waals surface area contributed by atoms with Gasteiger partial charge in [0.25, 0.3) is 0 Å². The SMILES string of the molecule is CC(C)CCOCCNCC1CCCCC1CO. The fourth-order valence-corrected chi connectivity index (χ4v) is 2.65. The number of ether oxygens (including phenoxy) is 1. The van der Waals surface area contributed by atoms with Crippen molar-refractivity contribution in [2.45, 2.75) is 46.0 Å². The van der Waals surface area contributed by atoms with E-state index in [1.807, 2.05) is 0 Å². The van der Waals surface area contributed by atoms with Crippen LogP contribution in [0.25, 0.3) is 0 Å². The smallest absolute Gasteiger partial charge is 0.0590 e. The molecule has 0 spiro atoms. The van der Waals surface area contributed by atoms with Crippen LogP contribution < -0.4 is 5.32 Å². The Balaban J connectivity index is 1.96. The maximum Gasteiger partial charge on any atom is 0.0590 e. The summed E-state index contributed by atoms with van der Waals surface area (Å²) in [6.07, 6.45) is 6.24. The Hall–Kier alpha value is -0.120. The van der Waals surface area contributed by atoms with Gasteiger partial charge in [0.1, 0.15) is 0 Å². The average Bonchev–Trinajstić information content (AvgIpc) is 2.37. The predicted molar refractivity (Wildman–Crippen MR) is 75.7 cm³/mol. The molecule has 1 aliphatic carbocycles. The van der Waals surface area contributed by atoms with Gasteiger partial charge in [-0.15, -0.1) is 0 Å². The summed E-state index contributed by atoms with van der Waals surface area (Å²) in [5, 5.41) is 12.8. The third-order valence-corrected chi connectivity index (χ3v) is 3.97. The molecule has 1 rings (SSSR count). The van der Waals surface area contributed by atoms with Gasteiger partial charge >= 0.3 is 0 Å². The van der Waals surface area contributed by atoms with Gasteiger partial charge in [-0.1, -0.05) is 26.7 Å². The van der Waals surface area contributed by atoms with Gasteiger partial charge in [-0.2, -0.15) is 0 Å². The normalized spacial score (nSPS) is 24.7. The van der Waals surface area contributed by atoms with Crippen molar-refractivity contribution in [3.8, 4) is 0 Å². The average molecular weight is 257 g/mol. The second-order valence-electron chi connectivity index (χ2n) is 5.99. The van der Waals surface area contributed by atoms with Crippen molar-refractivity contribution in [1.29, 1.82) is 0 Å². The van der Waals surface area contributed by atoms with Gasteiger partial charge in [0.2, 0.25) is 0 Å². The van der Waals surface area contributed by atoms with Gasteiger partial charge in [0.05, 0.1) is 6.61 Å². The van der Waals surface area contributed by atoms with Crippen LogP contribution in [-0.4, -0.2) is 38.0 Å². The maximum atomic E-state index is 9.33. The van der Waals surface area contributed by atoms with Gasteiger partial charge in [-0.25, -0.2) is 0 Å². The van der Waals surface area contributed by atoms with E-state index < -0.39 is 0 Å². The lowest BCUT2D eigenvalue weighted by atomic mass is 9.80. The Labute approximate surface area is 112 Å². The fraction of sp³-hybridized carbons (Fsp3) is 1.00. The molecule has 3 nitrogen and oxygen atoms in total. The van der Waals surface area contributed by atoms with Gasteiger partial charge in [0, 0.05) is 19.8 Å². The van der Waals surface area contributed by atoms with Gasteiger partial charge < -0.3 is 15.2 Å². The molecule has 18 heavy (non-hydrogen) atoms. The molecule has 0 bridgehead atoms. The van der Waals surface area contributed by atoms with Crippen molar-refractivity contribution in [3.05, 3.63) is 0 Å². The van der Waals surface area contributed by atoms with E-state index >= 15 is 0 Å². The molecular formula is C15H31NO2. The lowest BCUT2D eigenvalue weighted by Crippen LogP contribution is -2.33. The summed E-state index contributed by atoms with van der Waals surface area (Å²) in [5.41, 5.74) is 0. The second kappa shape index (κ2) is 9.76. The van der Waals surface area contributed by atoms with E-state index in [9.17, 15) is 5.11 Å². The molecule has 0 aromatic carbocycles. The molecule has 0 saturated heterocycles. The zero-order valence-corrected chi connectivity index (χ0v) is 12.2. The molecule has 0 heterocycles. The monoisotopic (exact) mass is 257 g/mol. The van der Waals surface area contributed by atoms with Crippen LogP contribution >= 0.6 is 0 Å². The summed E-state index contributed by atoms with van der Waals surface area (Å²) >= 11 is 0. The Morgan fingerprint density at radius 2 is 1.89 bits per heavy atom. The van der Waals surface area contributed by atoms with Crippen LogP contribution in [-0.2, 0) is 4.74 Å². The van der Waals surface area contributed by atoms with Gasteiger partial charge in [0.15, 0.2) is 0 Å². The van der Waals surface area contributed by atoms with Crippen molar-refractivity contribution < 1.29 is 9.84 Å². The predicted octanol–water partition coefficient (Wildman–Crippen LogP) is 2.44. The second-order valence-corrected chi connectivity index (χ2v) is 5.99. The number of rotatable bonds is 9. The van der Waals surface area contributed by atoms with E-state index in [4.69, 9.17) is 4.74 Å². The lowest BCUT2D eigenvalue weighted by Gasteiger charge is -2.30. The maximum absolute atomic E-state index is 9.33. The molecular weight excluding hydrogens is 226 g/mol. The molecule has 0 aromatic heterocycles. The quantitative estimate of drug-likeness (QED) is 0.623. The van der Waals surface area contributed by atoms with Gasteiger partial charge in [-0.05, 0) is 43.6 Å². The minimum Gasteiger partial charge on any atom is -0.396 e. The number of hydrogen-bond acceptors (Lipinski definition) is 3. The number of aliphatic hydroxyl groups is 1. The summed E-state index contributed by atoms with van der Waals surface area (Å²) < 4.78 is 5.58. The number of nitrogens with one attached hydrogen (secondary N) is 1. The summed E-state index contributed by atoms with van der Waals surface area (Å²) in [6, 6.07) is 0. The van der Waals surface area contributed by atoms with E-state index in [0.29, 0.717) is 18.4 Å². The highest BCUT2D eigenvalue weighted by Crippen LogP contribution is 2.28. The van der Waals surface area contributed by atoms with Crippen LogP contribution in [0.4, 0.5) is 0 Å². The molecule has 1 saturated carbocycles. The third-order valence-electron chi connectivity index (χ3n) is 3.97. The Morgan fingerprint density at radius 1 is 1.17 bits per heavy atom. The topological polar surface area (TPSA) is 41.5 Å². The lowest BCUT2D eigenvalue weighted by molar-refractivity contribution is 0.114. The summed E-state index contributed by atoms with van der Waals surface area (Å²) in [4.78, 5) is 0. The molecule has 1 aliphatic rings. The van der Waals surface area contributed by atoms with Crippen molar-refractivity contribution in [2.24, 2.45) is 17.8 Å². The minimum absolute atomic E-state index is 0.358. The van der Waals surface area contributed by atoms with E-state index in [1.165, 1.54) is 25.7 Å². The summed E-state index contributed by atoms with van der Waals surface area (Å²) in [6.45, 7) is 8.47. The summed E-state index contributed by atoms with van der Waals surface area (Å²) in [7, 11) is 0. The standard InChI is InChI=1S/C15H31NO2/c1-13(2)7-9-18-10-8-16-11-14-5-3-4-6-15(14)12-17/h13-17H,3-12H2,1-2H3. The zero-order valence-electron chi connectivity index (χ0n) is 12.2. The van der Waals surface area contributed by atoms with Crippen LogP contribution in [0.5, 0.6) is 0 Å². The molecule has 0 aromatic rings. The van der Waals surface area contributed by atoms with E-state index in [-0.39, 0.29) is 0 Å². The first-order valence-corrected chi connectivity index (χ1v) is 7.63. The first-order chi connectivity index (χ1) is 8.74. The number of hydrogen-bond donors (Lipinski definition) is 2. The minimum atomic E-state index is 0.358. The van der Waals surface area contributed by atoms with Crippen molar-refractivity contribution in [2.75, 3.05) is 32.9 Å². The fourth-order valence-electron chi connectivity index (χ4n) is 2.65. The van der Waals surface area contributed by atoms with Crippen molar-refractivity contribution in [3.63, 3.8) is 0 Å². The Bertz CT molecular complexity index is 197. The third kappa shape index (κ3) is 6.72. The number of aliphatic hydroxyl groups excluding tert-OH is 1. The largest absolute Gasteiger partial charge is 0.396 e. The molecule has 0 amide bonds. The van der Waals surface area contributed by atoms with Crippen molar-refractivity contribution in [1.82, 2.24) is 5.32 Å². The first kappa shape index (κ1) is 15.9.